The molecule has 19 heavy (non-hydrogen) atoms. The molecule has 2 heterocycles. The van der Waals surface area contributed by atoms with Crippen LogP contribution in [-0.4, -0.2) is 16.6 Å². The first-order valence-corrected chi connectivity index (χ1v) is 6.20. The molecule has 0 aromatic carbocycles. The number of pyridine rings is 2. The van der Waals surface area contributed by atoms with Crippen molar-refractivity contribution in [3.05, 3.63) is 53.6 Å². The van der Waals surface area contributed by atoms with Gasteiger partial charge in [0.15, 0.2) is 0 Å². The highest BCUT2D eigenvalue weighted by Gasteiger charge is 2.15. The van der Waals surface area contributed by atoms with E-state index in [1.54, 1.807) is 18.6 Å². The number of hydrogen-bond donors (Lipinski definition) is 2. The molecule has 100 valence electrons. The van der Waals surface area contributed by atoms with Gasteiger partial charge in [0.1, 0.15) is 5.75 Å². The minimum Gasteiger partial charge on any atom is -0.492 e. The molecule has 5 heteroatoms. The highest BCUT2D eigenvalue weighted by molar-refractivity contribution is 5.36. The van der Waals surface area contributed by atoms with E-state index in [9.17, 15) is 0 Å². The molecule has 0 fully saturated rings. The van der Waals surface area contributed by atoms with Crippen LogP contribution in [0.25, 0.3) is 0 Å². The molecule has 3 N–H and O–H groups in total. The van der Waals surface area contributed by atoms with Crippen molar-refractivity contribution >= 4 is 0 Å². The molecule has 0 aliphatic rings. The predicted molar refractivity (Wildman–Crippen MR) is 73.5 cm³/mol. The molecule has 0 spiro atoms. The lowest BCUT2D eigenvalue weighted by Gasteiger charge is -2.19. The first-order chi connectivity index (χ1) is 9.26. The van der Waals surface area contributed by atoms with Crippen molar-refractivity contribution in [2.75, 3.05) is 6.61 Å². The van der Waals surface area contributed by atoms with E-state index in [0.29, 0.717) is 6.61 Å². The Kier molecular flexibility index (Phi) is 4.43. The Labute approximate surface area is 112 Å². The Hall–Kier alpha value is -1.98. The summed E-state index contributed by atoms with van der Waals surface area (Å²) >= 11 is 0. The van der Waals surface area contributed by atoms with Gasteiger partial charge in [0, 0.05) is 18.6 Å². The molecule has 5 nitrogen and oxygen atoms in total. The fraction of sp³-hybridized carbons (Fsp3) is 0.286. The van der Waals surface area contributed by atoms with Crippen molar-refractivity contribution in [1.82, 2.24) is 15.4 Å². The second-order valence-electron chi connectivity index (χ2n) is 4.22. The quantitative estimate of drug-likeness (QED) is 0.631. The van der Waals surface area contributed by atoms with E-state index in [-0.39, 0.29) is 6.04 Å². The molecule has 1 unspecified atom stereocenters. The van der Waals surface area contributed by atoms with Crippen LogP contribution in [0, 0.1) is 6.92 Å². The summed E-state index contributed by atoms with van der Waals surface area (Å²) in [6.07, 6.45) is 7.05. The van der Waals surface area contributed by atoms with Crippen LogP contribution in [0.4, 0.5) is 0 Å². The third-order valence-corrected chi connectivity index (χ3v) is 2.92. The summed E-state index contributed by atoms with van der Waals surface area (Å²) in [6.45, 7) is 4.56. The van der Waals surface area contributed by atoms with Gasteiger partial charge in [0.05, 0.1) is 18.8 Å². The van der Waals surface area contributed by atoms with Gasteiger partial charge in [-0.1, -0.05) is 0 Å². The maximum atomic E-state index is 5.69. The van der Waals surface area contributed by atoms with Gasteiger partial charge >= 0.3 is 0 Å². The number of hydrogen-bond acceptors (Lipinski definition) is 5. The summed E-state index contributed by atoms with van der Waals surface area (Å²) < 4.78 is 5.46. The largest absolute Gasteiger partial charge is 0.492 e. The minimum absolute atomic E-state index is 0.129. The standard InChI is InChI=1S/C14H18N4O/c1-3-19-12-6-11(8-17-9-12)14(18-15)13-4-5-16-7-10(13)2/h4-9,14,18H,3,15H2,1-2H3. The second kappa shape index (κ2) is 6.26. The van der Waals surface area contributed by atoms with Gasteiger partial charge in [-0.15, -0.1) is 0 Å². The van der Waals surface area contributed by atoms with Crippen molar-refractivity contribution < 1.29 is 4.74 Å². The highest BCUT2D eigenvalue weighted by Crippen LogP contribution is 2.25. The molecule has 0 saturated heterocycles. The van der Waals surface area contributed by atoms with Crippen LogP contribution >= 0.6 is 0 Å². The number of ether oxygens (including phenoxy) is 1. The lowest BCUT2D eigenvalue weighted by atomic mass is 9.98. The van der Waals surface area contributed by atoms with Gasteiger partial charge in [-0.3, -0.25) is 15.8 Å². The van der Waals surface area contributed by atoms with E-state index in [0.717, 1.165) is 22.4 Å². The van der Waals surface area contributed by atoms with Crippen molar-refractivity contribution in [2.24, 2.45) is 5.84 Å². The lowest BCUT2D eigenvalue weighted by molar-refractivity contribution is 0.338. The van der Waals surface area contributed by atoms with E-state index < -0.39 is 0 Å². The van der Waals surface area contributed by atoms with Gasteiger partial charge in [-0.25, -0.2) is 5.43 Å². The average Bonchev–Trinajstić information content (AvgIpc) is 2.43. The van der Waals surface area contributed by atoms with Crippen molar-refractivity contribution in [1.29, 1.82) is 0 Å². The van der Waals surface area contributed by atoms with Gasteiger partial charge in [0.25, 0.3) is 0 Å². The zero-order valence-corrected chi connectivity index (χ0v) is 11.1. The van der Waals surface area contributed by atoms with Crippen molar-refractivity contribution in [2.45, 2.75) is 19.9 Å². The molecule has 1 atom stereocenters. The van der Waals surface area contributed by atoms with E-state index in [2.05, 4.69) is 15.4 Å². The lowest BCUT2D eigenvalue weighted by Crippen LogP contribution is -2.29. The predicted octanol–water partition coefficient (Wildman–Crippen LogP) is 1.74. The van der Waals surface area contributed by atoms with Crippen molar-refractivity contribution in [3.8, 4) is 5.75 Å². The number of nitrogens with one attached hydrogen (secondary N) is 1. The normalized spacial score (nSPS) is 12.2. The summed E-state index contributed by atoms with van der Waals surface area (Å²) in [6, 6.07) is 3.77. The van der Waals surface area contributed by atoms with E-state index in [1.807, 2.05) is 32.2 Å². The number of nitrogens with zero attached hydrogens (tertiary/aromatic N) is 2. The summed E-state index contributed by atoms with van der Waals surface area (Å²) in [7, 11) is 0. The Bertz CT molecular complexity index is 544. The molecule has 2 rings (SSSR count). The third kappa shape index (κ3) is 3.07. The van der Waals surface area contributed by atoms with Crippen LogP contribution in [0.2, 0.25) is 0 Å². The van der Waals surface area contributed by atoms with E-state index >= 15 is 0 Å². The van der Waals surface area contributed by atoms with Crippen LogP contribution in [0.3, 0.4) is 0 Å². The molecule has 0 amide bonds. The molecule has 0 aliphatic carbocycles. The van der Waals surface area contributed by atoms with E-state index in [1.165, 1.54) is 0 Å². The van der Waals surface area contributed by atoms with Gasteiger partial charge < -0.3 is 4.74 Å². The minimum atomic E-state index is -0.129. The first-order valence-electron chi connectivity index (χ1n) is 6.20. The Morgan fingerprint density at radius 2 is 2.16 bits per heavy atom. The Morgan fingerprint density at radius 1 is 1.32 bits per heavy atom. The Morgan fingerprint density at radius 3 is 2.84 bits per heavy atom. The van der Waals surface area contributed by atoms with Crippen LogP contribution < -0.4 is 16.0 Å². The molecule has 2 aromatic heterocycles. The average molecular weight is 258 g/mol. The maximum Gasteiger partial charge on any atom is 0.137 e. The third-order valence-electron chi connectivity index (χ3n) is 2.92. The number of aryl methyl sites for hydroxylation is 1. The molecule has 0 aliphatic heterocycles. The van der Waals surface area contributed by atoms with Crippen molar-refractivity contribution in [3.63, 3.8) is 0 Å². The number of aromatic nitrogens is 2. The highest BCUT2D eigenvalue weighted by atomic mass is 16.5. The Balaban J connectivity index is 2.37. The first kappa shape index (κ1) is 13.5. The second-order valence-corrected chi connectivity index (χ2v) is 4.22. The zero-order valence-electron chi connectivity index (χ0n) is 11.1. The zero-order chi connectivity index (χ0) is 13.7. The summed E-state index contributed by atoms with van der Waals surface area (Å²) in [5.74, 6) is 6.43. The SMILES string of the molecule is CCOc1cncc(C(NN)c2ccncc2C)c1. The number of nitrogens with two attached hydrogens (primary N) is 1. The van der Waals surface area contributed by atoms with Gasteiger partial charge in [-0.05, 0) is 42.7 Å². The fourth-order valence-corrected chi connectivity index (χ4v) is 2.01. The number of hydrazine groups is 1. The summed E-state index contributed by atoms with van der Waals surface area (Å²) in [5, 5.41) is 0. The van der Waals surface area contributed by atoms with Crippen LogP contribution in [-0.2, 0) is 0 Å². The maximum absolute atomic E-state index is 5.69. The molecule has 0 radical (unpaired) electrons. The monoisotopic (exact) mass is 258 g/mol. The molecular weight excluding hydrogens is 240 g/mol. The molecule has 0 saturated carbocycles. The van der Waals surface area contributed by atoms with Crippen LogP contribution in [0.5, 0.6) is 5.75 Å². The number of rotatable bonds is 5. The molecule has 2 aromatic rings. The smallest absolute Gasteiger partial charge is 0.137 e. The summed E-state index contributed by atoms with van der Waals surface area (Å²) in [5.41, 5.74) is 5.94. The van der Waals surface area contributed by atoms with Crippen LogP contribution in [0.15, 0.2) is 36.9 Å². The molecule has 0 bridgehead atoms. The molecular formula is C14H18N4O. The van der Waals surface area contributed by atoms with E-state index in [4.69, 9.17) is 10.6 Å². The summed E-state index contributed by atoms with van der Waals surface area (Å²) in [4.78, 5) is 8.28. The van der Waals surface area contributed by atoms with Gasteiger partial charge in [-0.2, -0.15) is 0 Å². The fourth-order valence-electron chi connectivity index (χ4n) is 2.01. The topological polar surface area (TPSA) is 73.1 Å². The van der Waals surface area contributed by atoms with Crippen LogP contribution in [0.1, 0.15) is 29.7 Å². The van der Waals surface area contributed by atoms with Gasteiger partial charge in [0.2, 0.25) is 0 Å².